The molecule has 0 unspecified atom stereocenters. The van der Waals surface area contributed by atoms with Crippen LogP contribution in [-0.4, -0.2) is 34.6 Å². The Labute approximate surface area is 161 Å². The van der Waals surface area contributed by atoms with Gasteiger partial charge in [-0.1, -0.05) is 38.1 Å². The molecule has 6 nitrogen and oxygen atoms in total. The average Bonchev–Trinajstić information content (AvgIpc) is 2.63. The number of sulfonamides is 1. The quantitative estimate of drug-likeness (QED) is 0.645. The number of carbonyl (C=O) groups excluding carboxylic acids is 1. The standard InChI is InChI=1S/C20H26N2O4S/c1-15(2)17-6-10-19(11-7-17)27(24,25)22-18-8-4-16(5-9-18)14-20(23)21-12-13-26-3/h4-11,15,22H,12-14H2,1-3H3,(H,21,23). The molecule has 0 atom stereocenters. The number of anilines is 1. The smallest absolute Gasteiger partial charge is 0.261 e. The lowest BCUT2D eigenvalue weighted by atomic mass is 10.0. The largest absolute Gasteiger partial charge is 0.383 e. The summed E-state index contributed by atoms with van der Waals surface area (Å²) in [6, 6.07) is 13.6. The molecular weight excluding hydrogens is 364 g/mol. The van der Waals surface area contributed by atoms with Crippen LogP contribution >= 0.6 is 0 Å². The first-order valence-corrected chi connectivity index (χ1v) is 10.3. The zero-order valence-electron chi connectivity index (χ0n) is 15.9. The molecule has 146 valence electrons. The Kier molecular flexibility index (Phi) is 7.38. The third-order valence-electron chi connectivity index (χ3n) is 4.06. The molecule has 27 heavy (non-hydrogen) atoms. The summed E-state index contributed by atoms with van der Waals surface area (Å²) >= 11 is 0. The summed E-state index contributed by atoms with van der Waals surface area (Å²) < 4.78 is 32.5. The third-order valence-corrected chi connectivity index (χ3v) is 5.45. The molecule has 0 aromatic heterocycles. The van der Waals surface area contributed by atoms with Crippen LogP contribution in [0.2, 0.25) is 0 Å². The van der Waals surface area contributed by atoms with Gasteiger partial charge in [0, 0.05) is 19.3 Å². The minimum Gasteiger partial charge on any atom is -0.383 e. The maximum Gasteiger partial charge on any atom is 0.261 e. The maximum atomic E-state index is 12.5. The summed E-state index contributed by atoms with van der Waals surface area (Å²) in [5.74, 6) is 0.236. The van der Waals surface area contributed by atoms with Crippen molar-refractivity contribution in [1.82, 2.24) is 5.32 Å². The highest BCUT2D eigenvalue weighted by atomic mass is 32.2. The number of nitrogens with one attached hydrogen (secondary N) is 2. The van der Waals surface area contributed by atoms with E-state index in [4.69, 9.17) is 4.74 Å². The first-order chi connectivity index (χ1) is 12.8. The highest BCUT2D eigenvalue weighted by molar-refractivity contribution is 7.92. The van der Waals surface area contributed by atoms with Crippen molar-refractivity contribution >= 4 is 21.6 Å². The van der Waals surface area contributed by atoms with Crippen LogP contribution in [0, 0.1) is 0 Å². The van der Waals surface area contributed by atoms with Gasteiger partial charge in [-0.15, -0.1) is 0 Å². The second kappa shape index (κ2) is 9.53. The van der Waals surface area contributed by atoms with Gasteiger partial charge in [-0.2, -0.15) is 0 Å². The molecule has 0 fully saturated rings. The van der Waals surface area contributed by atoms with Crippen molar-refractivity contribution in [3.63, 3.8) is 0 Å². The molecule has 0 saturated carbocycles. The number of amides is 1. The summed E-state index contributed by atoms with van der Waals surface area (Å²) in [4.78, 5) is 12.0. The minimum absolute atomic E-state index is 0.106. The molecule has 1 amide bonds. The second-order valence-corrected chi connectivity index (χ2v) is 8.23. The van der Waals surface area contributed by atoms with Crippen molar-refractivity contribution in [3.8, 4) is 0 Å². The molecule has 0 aliphatic heterocycles. The monoisotopic (exact) mass is 390 g/mol. The van der Waals surface area contributed by atoms with Crippen LogP contribution < -0.4 is 10.0 Å². The van der Waals surface area contributed by atoms with Gasteiger partial charge in [-0.05, 0) is 41.3 Å². The molecule has 2 aromatic rings. The highest BCUT2D eigenvalue weighted by Gasteiger charge is 2.14. The van der Waals surface area contributed by atoms with Crippen LogP contribution in [0.25, 0.3) is 0 Å². The maximum absolute atomic E-state index is 12.5. The van der Waals surface area contributed by atoms with Gasteiger partial charge in [0.25, 0.3) is 10.0 Å². The molecule has 0 saturated heterocycles. The van der Waals surface area contributed by atoms with Crippen LogP contribution in [-0.2, 0) is 26.0 Å². The topological polar surface area (TPSA) is 84.5 Å². The molecule has 0 bridgehead atoms. The van der Waals surface area contributed by atoms with Crippen molar-refractivity contribution in [2.45, 2.75) is 31.1 Å². The Morgan fingerprint density at radius 1 is 1.04 bits per heavy atom. The molecule has 0 radical (unpaired) electrons. The van der Waals surface area contributed by atoms with Crippen LogP contribution in [0.15, 0.2) is 53.4 Å². The van der Waals surface area contributed by atoms with Gasteiger partial charge in [0.05, 0.1) is 17.9 Å². The highest BCUT2D eigenvalue weighted by Crippen LogP contribution is 2.20. The van der Waals surface area contributed by atoms with E-state index in [2.05, 4.69) is 23.9 Å². The van der Waals surface area contributed by atoms with E-state index in [1.54, 1.807) is 43.5 Å². The van der Waals surface area contributed by atoms with Gasteiger partial charge in [0.1, 0.15) is 0 Å². The van der Waals surface area contributed by atoms with Gasteiger partial charge in [-0.3, -0.25) is 9.52 Å². The summed E-state index contributed by atoms with van der Waals surface area (Å²) in [5, 5.41) is 2.74. The molecule has 0 aliphatic rings. The van der Waals surface area contributed by atoms with Crippen LogP contribution in [0.3, 0.4) is 0 Å². The number of hydrogen-bond donors (Lipinski definition) is 2. The molecule has 0 aliphatic carbocycles. The molecule has 0 spiro atoms. The predicted molar refractivity (Wildman–Crippen MR) is 106 cm³/mol. The van der Waals surface area contributed by atoms with Crippen molar-refractivity contribution in [2.75, 3.05) is 25.0 Å². The van der Waals surface area contributed by atoms with E-state index in [0.29, 0.717) is 24.8 Å². The first kappa shape index (κ1) is 20.9. The van der Waals surface area contributed by atoms with E-state index in [1.807, 2.05) is 12.1 Å². The second-order valence-electron chi connectivity index (χ2n) is 6.55. The Hall–Kier alpha value is -2.38. The molecule has 2 N–H and O–H groups in total. The fraction of sp³-hybridized carbons (Fsp3) is 0.350. The third kappa shape index (κ3) is 6.37. The molecule has 7 heteroatoms. The Balaban J connectivity index is 1.99. The Bertz CT molecular complexity index is 845. The van der Waals surface area contributed by atoms with Crippen molar-refractivity contribution in [1.29, 1.82) is 0 Å². The average molecular weight is 391 g/mol. The Morgan fingerprint density at radius 3 is 2.22 bits per heavy atom. The normalized spacial score (nSPS) is 11.4. The van der Waals surface area contributed by atoms with E-state index in [9.17, 15) is 13.2 Å². The van der Waals surface area contributed by atoms with Crippen molar-refractivity contribution < 1.29 is 17.9 Å². The molecule has 2 rings (SSSR count). The number of rotatable bonds is 9. The molecular formula is C20H26N2O4S. The zero-order chi connectivity index (χ0) is 19.9. The van der Waals surface area contributed by atoms with Gasteiger partial charge >= 0.3 is 0 Å². The number of carbonyl (C=O) groups is 1. The molecule has 2 aromatic carbocycles. The van der Waals surface area contributed by atoms with E-state index in [1.165, 1.54) is 0 Å². The predicted octanol–water partition coefficient (Wildman–Crippen LogP) is 2.92. The number of ether oxygens (including phenoxy) is 1. The van der Waals surface area contributed by atoms with Gasteiger partial charge in [0.2, 0.25) is 5.91 Å². The number of methoxy groups -OCH3 is 1. The fourth-order valence-corrected chi connectivity index (χ4v) is 3.54. The Morgan fingerprint density at radius 2 is 1.67 bits per heavy atom. The zero-order valence-corrected chi connectivity index (χ0v) is 16.7. The summed E-state index contributed by atoms with van der Waals surface area (Å²) in [7, 11) is -2.08. The first-order valence-electron chi connectivity index (χ1n) is 8.79. The van der Waals surface area contributed by atoms with Gasteiger partial charge in [0.15, 0.2) is 0 Å². The number of benzene rings is 2. The molecule has 0 heterocycles. The van der Waals surface area contributed by atoms with Gasteiger partial charge < -0.3 is 10.1 Å². The van der Waals surface area contributed by atoms with Gasteiger partial charge in [-0.25, -0.2) is 8.42 Å². The fourth-order valence-electron chi connectivity index (χ4n) is 2.48. The van der Waals surface area contributed by atoms with E-state index in [-0.39, 0.29) is 17.2 Å². The van der Waals surface area contributed by atoms with E-state index in [0.717, 1.165) is 11.1 Å². The van der Waals surface area contributed by atoms with Crippen molar-refractivity contribution in [2.24, 2.45) is 0 Å². The van der Waals surface area contributed by atoms with E-state index < -0.39 is 10.0 Å². The summed E-state index contributed by atoms with van der Waals surface area (Å²) in [6.07, 6.45) is 0.230. The van der Waals surface area contributed by atoms with Crippen molar-refractivity contribution in [3.05, 3.63) is 59.7 Å². The minimum atomic E-state index is -3.65. The summed E-state index contributed by atoms with van der Waals surface area (Å²) in [5.41, 5.74) is 2.34. The van der Waals surface area contributed by atoms with Crippen LogP contribution in [0.5, 0.6) is 0 Å². The number of hydrogen-bond acceptors (Lipinski definition) is 4. The lowest BCUT2D eigenvalue weighted by molar-refractivity contribution is -0.120. The van der Waals surface area contributed by atoms with Crippen LogP contribution in [0.4, 0.5) is 5.69 Å². The lowest BCUT2D eigenvalue weighted by Crippen LogP contribution is -2.28. The van der Waals surface area contributed by atoms with E-state index >= 15 is 0 Å². The van der Waals surface area contributed by atoms with Crippen LogP contribution in [0.1, 0.15) is 30.9 Å². The SMILES string of the molecule is COCCNC(=O)Cc1ccc(NS(=O)(=O)c2ccc(C(C)C)cc2)cc1. The lowest BCUT2D eigenvalue weighted by Gasteiger charge is -2.11. The summed E-state index contributed by atoms with van der Waals surface area (Å²) in [6.45, 7) is 5.04.